The van der Waals surface area contributed by atoms with Crippen LogP contribution in [0.15, 0.2) is 35.8 Å². The number of anilines is 1. The maximum atomic E-state index is 12.9. The Hall–Kier alpha value is -1.93. The summed E-state index contributed by atoms with van der Waals surface area (Å²) in [5.74, 6) is -0.333. The Labute approximate surface area is 96.2 Å². The van der Waals surface area contributed by atoms with E-state index < -0.39 is 6.04 Å². The van der Waals surface area contributed by atoms with Gasteiger partial charge in [-0.2, -0.15) is 5.26 Å². The van der Waals surface area contributed by atoms with Gasteiger partial charge in [0.15, 0.2) is 6.04 Å². The van der Waals surface area contributed by atoms with Crippen molar-refractivity contribution in [3.05, 3.63) is 46.7 Å². The van der Waals surface area contributed by atoms with E-state index in [1.807, 2.05) is 0 Å². The highest BCUT2D eigenvalue weighted by Crippen LogP contribution is 2.21. The minimum Gasteiger partial charge on any atom is -0.364 e. The van der Waals surface area contributed by atoms with Crippen LogP contribution in [0, 0.1) is 17.1 Å². The van der Waals surface area contributed by atoms with E-state index in [0.717, 1.165) is 0 Å². The van der Waals surface area contributed by atoms with Crippen LogP contribution in [-0.2, 0) is 0 Å². The lowest BCUT2D eigenvalue weighted by Gasteiger charge is -2.09. The molecule has 0 fully saturated rings. The van der Waals surface area contributed by atoms with E-state index in [2.05, 4.69) is 16.4 Å². The van der Waals surface area contributed by atoms with Crippen molar-refractivity contribution in [2.24, 2.45) is 0 Å². The van der Waals surface area contributed by atoms with Crippen LogP contribution in [0.2, 0.25) is 0 Å². The Morgan fingerprint density at radius 1 is 1.50 bits per heavy atom. The van der Waals surface area contributed by atoms with Gasteiger partial charge in [0.2, 0.25) is 0 Å². The number of hydrogen-bond donors (Lipinski definition) is 1. The first-order valence-electron chi connectivity index (χ1n) is 4.60. The molecule has 0 radical (unpaired) electrons. The topological polar surface area (TPSA) is 48.7 Å². The second-order valence-electron chi connectivity index (χ2n) is 3.09. The van der Waals surface area contributed by atoms with Crippen LogP contribution in [-0.4, -0.2) is 4.98 Å². The van der Waals surface area contributed by atoms with Gasteiger partial charge in [0.05, 0.1) is 6.07 Å². The Bertz CT molecular complexity index is 504. The molecule has 1 N–H and O–H groups in total. The zero-order valence-corrected chi connectivity index (χ0v) is 9.04. The van der Waals surface area contributed by atoms with E-state index in [-0.39, 0.29) is 5.82 Å². The molecule has 1 heterocycles. The van der Waals surface area contributed by atoms with Gasteiger partial charge in [-0.25, -0.2) is 9.37 Å². The number of benzene rings is 1. The van der Waals surface area contributed by atoms with Crippen molar-refractivity contribution in [2.45, 2.75) is 6.04 Å². The number of hydrogen-bond acceptors (Lipinski definition) is 4. The lowest BCUT2D eigenvalue weighted by atomic mass is 10.2. The summed E-state index contributed by atoms with van der Waals surface area (Å²) in [5.41, 5.74) is 0.571. The van der Waals surface area contributed by atoms with E-state index in [9.17, 15) is 4.39 Å². The van der Waals surface area contributed by atoms with Gasteiger partial charge in [-0.05, 0) is 18.2 Å². The van der Waals surface area contributed by atoms with Gasteiger partial charge in [-0.1, -0.05) is 6.07 Å². The van der Waals surface area contributed by atoms with E-state index in [4.69, 9.17) is 5.26 Å². The molecule has 5 heteroatoms. The molecule has 0 saturated carbocycles. The van der Waals surface area contributed by atoms with Crippen LogP contribution < -0.4 is 5.32 Å². The SMILES string of the molecule is N#CC(Nc1cccc(F)c1)c1nccs1. The molecule has 0 aliphatic carbocycles. The zero-order chi connectivity index (χ0) is 11.4. The summed E-state index contributed by atoms with van der Waals surface area (Å²) < 4.78 is 12.9. The Balaban J connectivity index is 2.17. The Morgan fingerprint density at radius 3 is 3.00 bits per heavy atom. The van der Waals surface area contributed by atoms with Crippen LogP contribution in [0.25, 0.3) is 0 Å². The van der Waals surface area contributed by atoms with Gasteiger partial charge in [-0.3, -0.25) is 0 Å². The highest BCUT2D eigenvalue weighted by Gasteiger charge is 2.12. The Kier molecular flexibility index (Phi) is 3.13. The van der Waals surface area contributed by atoms with Gasteiger partial charge < -0.3 is 5.32 Å². The highest BCUT2D eigenvalue weighted by molar-refractivity contribution is 7.09. The first-order chi connectivity index (χ1) is 7.79. The van der Waals surface area contributed by atoms with Crippen molar-refractivity contribution in [1.29, 1.82) is 5.26 Å². The monoisotopic (exact) mass is 233 g/mol. The van der Waals surface area contributed by atoms with Crippen molar-refractivity contribution >= 4 is 17.0 Å². The lowest BCUT2D eigenvalue weighted by molar-refractivity contribution is 0.628. The van der Waals surface area contributed by atoms with Crippen molar-refractivity contribution in [1.82, 2.24) is 4.98 Å². The summed E-state index contributed by atoms with van der Waals surface area (Å²) in [5, 5.41) is 14.4. The number of aromatic nitrogens is 1. The molecule has 3 nitrogen and oxygen atoms in total. The minimum absolute atomic E-state index is 0.333. The maximum Gasteiger partial charge on any atom is 0.166 e. The van der Waals surface area contributed by atoms with Crippen molar-refractivity contribution < 1.29 is 4.39 Å². The average molecular weight is 233 g/mol. The molecule has 0 aliphatic rings. The molecule has 2 aromatic rings. The van der Waals surface area contributed by atoms with Crippen molar-refractivity contribution in [3.63, 3.8) is 0 Å². The lowest BCUT2D eigenvalue weighted by Crippen LogP contribution is -2.08. The third kappa shape index (κ3) is 2.35. The summed E-state index contributed by atoms with van der Waals surface area (Å²) >= 11 is 1.39. The fourth-order valence-electron chi connectivity index (χ4n) is 1.27. The molecular weight excluding hydrogens is 225 g/mol. The fourth-order valence-corrected chi connectivity index (χ4v) is 1.90. The van der Waals surface area contributed by atoms with Crippen LogP contribution in [0.1, 0.15) is 11.0 Å². The van der Waals surface area contributed by atoms with Gasteiger partial charge in [0.1, 0.15) is 10.8 Å². The predicted molar refractivity (Wildman–Crippen MR) is 60.5 cm³/mol. The molecule has 80 valence electrons. The minimum atomic E-state index is -0.540. The highest BCUT2D eigenvalue weighted by atomic mass is 32.1. The molecule has 1 unspecified atom stereocenters. The van der Waals surface area contributed by atoms with Gasteiger partial charge >= 0.3 is 0 Å². The molecule has 0 amide bonds. The van der Waals surface area contributed by atoms with Gasteiger partial charge in [-0.15, -0.1) is 11.3 Å². The largest absolute Gasteiger partial charge is 0.364 e. The van der Waals surface area contributed by atoms with E-state index in [1.54, 1.807) is 23.7 Å². The number of rotatable bonds is 3. The molecule has 2 rings (SSSR count). The quantitative estimate of drug-likeness (QED) is 0.886. The molecule has 16 heavy (non-hydrogen) atoms. The third-order valence-corrected chi connectivity index (χ3v) is 2.80. The molecular formula is C11H8FN3S. The molecule has 0 aliphatic heterocycles. The standard InChI is InChI=1S/C11H8FN3S/c12-8-2-1-3-9(6-8)15-10(7-13)11-14-4-5-16-11/h1-6,10,15H. The van der Waals surface area contributed by atoms with Crippen LogP contribution in [0.4, 0.5) is 10.1 Å². The number of halogens is 1. The fraction of sp³-hybridized carbons (Fsp3) is 0.0909. The number of nitrogens with one attached hydrogen (secondary N) is 1. The van der Waals surface area contributed by atoms with Crippen LogP contribution in [0.3, 0.4) is 0 Å². The summed E-state index contributed by atoms with van der Waals surface area (Å²) in [6, 6.07) is 7.55. The summed E-state index contributed by atoms with van der Waals surface area (Å²) in [6.45, 7) is 0. The third-order valence-electron chi connectivity index (χ3n) is 1.96. The Morgan fingerprint density at radius 2 is 2.38 bits per heavy atom. The second-order valence-corrected chi connectivity index (χ2v) is 4.01. The molecule has 0 bridgehead atoms. The summed E-state index contributed by atoms with van der Waals surface area (Å²) in [7, 11) is 0. The molecule has 1 aromatic heterocycles. The van der Waals surface area contributed by atoms with Crippen molar-refractivity contribution in [3.8, 4) is 6.07 Å². The van der Waals surface area contributed by atoms with Crippen LogP contribution >= 0.6 is 11.3 Å². The maximum absolute atomic E-state index is 12.9. The number of thiazole rings is 1. The smallest absolute Gasteiger partial charge is 0.166 e. The van der Waals surface area contributed by atoms with E-state index >= 15 is 0 Å². The molecule has 1 aromatic carbocycles. The molecule has 1 atom stereocenters. The van der Waals surface area contributed by atoms with Crippen LogP contribution in [0.5, 0.6) is 0 Å². The molecule has 0 spiro atoms. The van der Waals surface area contributed by atoms with E-state index in [0.29, 0.717) is 10.7 Å². The zero-order valence-electron chi connectivity index (χ0n) is 8.22. The van der Waals surface area contributed by atoms with E-state index in [1.165, 1.54) is 23.5 Å². The number of nitrogens with zero attached hydrogens (tertiary/aromatic N) is 2. The first-order valence-corrected chi connectivity index (χ1v) is 5.48. The second kappa shape index (κ2) is 4.73. The first kappa shape index (κ1) is 10.6. The number of nitriles is 1. The summed E-state index contributed by atoms with van der Waals surface area (Å²) in [6.07, 6.45) is 1.64. The predicted octanol–water partition coefficient (Wildman–Crippen LogP) is 2.96. The molecule has 0 saturated heterocycles. The van der Waals surface area contributed by atoms with Gasteiger partial charge in [0.25, 0.3) is 0 Å². The normalized spacial score (nSPS) is 11.8. The summed E-state index contributed by atoms with van der Waals surface area (Å²) in [4.78, 5) is 4.05. The average Bonchev–Trinajstić information content (AvgIpc) is 2.79. The van der Waals surface area contributed by atoms with Gasteiger partial charge in [0, 0.05) is 17.3 Å². The van der Waals surface area contributed by atoms with Crippen molar-refractivity contribution in [2.75, 3.05) is 5.32 Å².